The van der Waals surface area contributed by atoms with Gasteiger partial charge in [0.1, 0.15) is 5.75 Å². The fourth-order valence-electron chi connectivity index (χ4n) is 1.79. The molecule has 2 rings (SSSR count). The van der Waals surface area contributed by atoms with E-state index in [1.165, 1.54) is 7.11 Å². The van der Waals surface area contributed by atoms with Crippen molar-refractivity contribution in [1.29, 1.82) is 0 Å². The minimum absolute atomic E-state index is 0.135. The second-order valence-corrected chi connectivity index (χ2v) is 3.98. The Morgan fingerprint density at radius 1 is 1.25 bits per heavy atom. The number of ether oxygens (including phenoxy) is 1. The summed E-state index contributed by atoms with van der Waals surface area (Å²) >= 11 is 0. The number of carbonyl (C=O) groups excluding carboxylic acids is 1. The molecule has 0 unspecified atom stereocenters. The van der Waals surface area contributed by atoms with E-state index in [2.05, 4.69) is 4.98 Å². The van der Waals surface area contributed by atoms with Crippen molar-refractivity contribution in [2.45, 2.75) is 6.18 Å². The van der Waals surface area contributed by atoms with E-state index in [-0.39, 0.29) is 11.3 Å². The number of alkyl halides is 3. The highest BCUT2D eigenvalue weighted by Crippen LogP contribution is 2.34. The number of carbonyl (C=O) groups is 1. The fraction of sp³-hybridized carbons (Fsp3) is 0.143. The van der Waals surface area contributed by atoms with Gasteiger partial charge in [0.25, 0.3) is 0 Å². The fourth-order valence-corrected chi connectivity index (χ4v) is 1.79. The van der Waals surface area contributed by atoms with Gasteiger partial charge in [-0.05, 0) is 18.2 Å². The molecule has 20 heavy (non-hydrogen) atoms. The van der Waals surface area contributed by atoms with Crippen LogP contribution in [0.25, 0.3) is 11.3 Å². The molecule has 0 spiro atoms. The van der Waals surface area contributed by atoms with Crippen molar-refractivity contribution < 1.29 is 22.7 Å². The average molecular weight is 281 g/mol. The number of halogens is 3. The molecule has 2 aromatic rings. The van der Waals surface area contributed by atoms with E-state index >= 15 is 0 Å². The Kier molecular flexibility index (Phi) is 3.74. The number of nitrogens with zero attached hydrogens (tertiary/aromatic N) is 1. The third-order valence-corrected chi connectivity index (χ3v) is 2.73. The lowest BCUT2D eigenvalue weighted by atomic mass is 10.0. The third-order valence-electron chi connectivity index (χ3n) is 2.73. The lowest BCUT2D eigenvalue weighted by molar-refractivity contribution is -0.137. The molecular weight excluding hydrogens is 271 g/mol. The Morgan fingerprint density at radius 3 is 2.55 bits per heavy atom. The second kappa shape index (κ2) is 5.32. The van der Waals surface area contributed by atoms with Gasteiger partial charge in [0, 0.05) is 17.3 Å². The third kappa shape index (κ3) is 2.64. The van der Waals surface area contributed by atoms with E-state index in [1.807, 2.05) is 0 Å². The molecule has 1 aromatic heterocycles. The molecule has 104 valence electrons. The van der Waals surface area contributed by atoms with Crippen LogP contribution >= 0.6 is 0 Å². The van der Waals surface area contributed by atoms with Crippen LogP contribution < -0.4 is 4.74 Å². The van der Waals surface area contributed by atoms with Gasteiger partial charge < -0.3 is 4.74 Å². The summed E-state index contributed by atoms with van der Waals surface area (Å²) in [4.78, 5) is 14.8. The van der Waals surface area contributed by atoms with Gasteiger partial charge in [-0.2, -0.15) is 13.2 Å². The number of hydrogen-bond donors (Lipinski definition) is 0. The Morgan fingerprint density at radius 2 is 1.95 bits per heavy atom. The summed E-state index contributed by atoms with van der Waals surface area (Å²) in [5, 5.41) is 0. The quantitative estimate of drug-likeness (QED) is 0.807. The standard InChI is InChI=1S/C14H10F3NO2/c1-20-12-5-3-2-4-11(12)13-9(8-19)6-10(7-18-13)14(15,16)17/h2-8H,1H3. The van der Waals surface area contributed by atoms with Crippen LogP contribution in [0.5, 0.6) is 5.75 Å². The zero-order valence-corrected chi connectivity index (χ0v) is 10.4. The summed E-state index contributed by atoms with van der Waals surface area (Å²) in [7, 11) is 1.43. The summed E-state index contributed by atoms with van der Waals surface area (Å²) in [5.74, 6) is 0.433. The van der Waals surface area contributed by atoms with E-state index in [4.69, 9.17) is 4.74 Å². The van der Waals surface area contributed by atoms with Crippen molar-refractivity contribution >= 4 is 6.29 Å². The molecule has 0 saturated heterocycles. The Labute approximate surface area is 113 Å². The predicted octanol–water partition coefficient (Wildman–Crippen LogP) is 3.59. The van der Waals surface area contributed by atoms with Crippen LogP contribution in [0.2, 0.25) is 0 Å². The summed E-state index contributed by atoms with van der Waals surface area (Å²) in [6.45, 7) is 0. The molecule has 1 heterocycles. The highest BCUT2D eigenvalue weighted by atomic mass is 19.4. The lowest BCUT2D eigenvalue weighted by Crippen LogP contribution is -2.07. The van der Waals surface area contributed by atoms with Gasteiger partial charge in [-0.15, -0.1) is 0 Å². The van der Waals surface area contributed by atoms with Crippen molar-refractivity contribution in [2.75, 3.05) is 7.11 Å². The maximum absolute atomic E-state index is 12.6. The number of hydrogen-bond acceptors (Lipinski definition) is 3. The smallest absolute Gasteiger partial charge is 0.417 e. The molecule has 6 heteroatoms. The molecular formula is C14H10F3NO2. The Hall–Kier alpha value is -2.37. The van der Waals surface area contributed by atoms with Crippen molar-refractivity contribution in [1.82, 2.24) is 4.98 Å². The van der Waals surface area contributed by atoms with Gasteiger partial charge in [-0.3, -0.25) is 9.78 Å². The molecule has 1 aromatic carbocycles. The zero-order valence-electron chi connectivity index (χ0n) is 10.4. The first kappa shape index (κ1) is 14.0. The van der Waals surface area contributed by atoms with Crippen molar-refractivity contribution in [2.24, 2.45) is 0 Å². The molecule has 0 saturated carbocycles. The van der Waals surface area contributed by atoms with Crippen LogP contribution in [0.15, 0.2) is 36.5 Å². The minimum Gasteiger partial charge on any atom is -0.496 e. The average Bonchev–Trinajstić information content (AvgIpc) is 2.45. The van der Waals surface area contributed by atoms with Crippen LogP contribution in [-0.2, 0) is 6.18 Å². The number of aromatic nitrogens is 1. The molecule has 0 radical (unpaired) electrons. The van der Waals surface area contributed by atoms with Crippen molar-refractivity contribution in [3.8, 4) is 17.0 Å². The van der Waals surface area contributed by atoms with Crippen molar-refractivity contribution in [3.05, 3.63) is 47.7 Å². The van der Waals surface area contributed by atoms with Gasteiger partial charge >= 0.3 is 6.18 Å². The molecule has 0 N–H and O–H groups in total. The number of pyridine rings is 1. The van der Waals surface area contributed by atoms with Crippen LogP contribution in [-0.4, -0.2) is 18.4 Å². The van der Waals surface area contributed by atoms with Gasteiger partial charge in [0.05, 0.1) is 18.4 Å². The zero-order chi connectivity index (χ0) is 14.8. The number of aldehydes is 1. The van der Waals surface area contributed by atoms with Crippen LogP contribution in [0, 0.1) is 0 Å². The molecule has 0 atom stereocenters. The van der Waals surface area contributed by atoms with Gasteiger partial charge in [0.15, 0.2) is 6.29 Å². The van der Waals surface area contributed by atoms with Crippen molar-refractivity contribution in [3.63, 3.8) is 0 Å². The number of methoxy groups -OCH3 is 1. The molecule has 0 aliphatic heterocycles. The van der Waals surface area contributed by atoms with Gasteiger partial charge in [0.2, 0.25) is 0 Å². The number of para-hydroxylation sites is 1. The second-order valence-electron chi connectivity index (χ2n) is 3.98. The van der Waals surface area contributed by atoms with Gasteiger partial charge in [-0.25, -0.2) is 0 Å². The summed E-state index contributed by atoms with van der Waals surface area (Å²) < 4.78 is 42.9. The van der Waals surface area contributed by atoms with Crippen LogP contribution in [0.1, 0.15) is 15.9 Å². The topological polar surface area (TPSA) is 39.2 Å². The molecule has 3 nitrogen and oxygen atoms in total. The SMILES string of the molecule is COc1ccccc1-c1ncc(C(F)(F)F)cc1C=O. The van der Waals surface area contributed by atoms with E-state index in [0.717, 1.165) is 6.07 Å². The molecule has 0 amide bonds. The minimum atomic E-state index is -4.54. The lowest BCUT2D eigenvalue weighted by Gasteiger charge is -2.12. The Bertz CT molecular complexity index is 639. The summed E-state index contributed by atoms with van der Waals surface area (Å²) in [5.41, 5.74) is -0.473. The first-order chi connectivity index (χ1) is 9.47. The normalized spacial score (nSPS) is 11.2. The van der Waals surface area contributed by atoms with E-state index in [0.29, 0.717) is 23.8 Å². The number of rotatable bonds is 3. The maximum Gasteiger partial charge on any atom is 0.417 e. The van der Waals surface area contributed by atoms with E-state index in [1.54, 1.807) is 24.3 Å². The summed E-state index contributed by atoms with van der Waals surface area (Å²) in [6, 6.07) is 7.45. The largest absolute Gasteiger partial charge is 0.496 e. The first-order valence-electron chi connectivity index (χ1n) is 5.63. The highest BCUT2D eigenvalue weighted by Gasteiger charge is 2.32. The first-order valence-corrected chi connectivity index (χ1v) is 5.63. The maximum atomic E-state index is 12.6. The number of benzene rings is 1. The molecule has 0 bridgehead atoms. The van der Waals surface area contributed by atoms with Crippen LogP contribution in [0.3, 0.4) is 0 Å². The molecule has 0 fully saturated rings. The monoisotopic (exact) mass is 281 g/mol. The van der Waals surface area contributed by atoms with E-state index in [9.17, 15) is 18.0 Å². The van der Waals surface area contributed by atoms with E-state index < -0.39 is 11.7 Å². The van der Waals surface area contributed by atoms with Crippen LogP contribution in [0.4, 0.5) is 13.2 Å². The highest BCUT2D eigenvalue weighted by molar-refractivity contribution is 5.87. The molecule has 0 aliphatic rings. The predicted molar refractivity (Wildman–Crippen MR) is 66.6 cm³/mol. The summed E-state index contributed by atoms with van der Waals surface area (Å²) in [6.07, 6.45) is -3.48. The van der Waals surface area contributed by atoms with Gasteiger partial charge in [-0.1, -0.05) is 12.1 Å². The Balaban J connectivity index is 2.61. The molecule has 0 aliphatic carbocycles.